The molecule has 3 rings (SSSR count). The van der Waals surface area contributed by atoms with E-state index in [-0.39, 0.29) is 16.8 Å². The van der Waals surface area contributed by atoms with Crippen LogP contribution < -0.4 is 5.32 Å². The van der Waals surface area contributed by atoms with Crippen molar-refractivity contribution in [3.63, 3.8) is 0 Å². The first-order chi connectivity index (χ1) is 14.4. The summed E-state index contributed by atoms with van der Waals surface area (Å²) in [5, 5.41) is 2.90. The van der Waals surface area contributed by atoms with E-state index in [4.69, 9.17) is 0 Å². The molecule has 0 radical (unpaired) electrons. The van der Waals surface area contributed by atoms with Crippen LogP contribution in [0.1, 0.15) is 42.1 Å². The Kier molecular flexibility index (Phi) is 7.64. The second-order valence-electron chi connectivity index (χ2n) is 7.96. The first-order valence-electron chi connectivity index (χ1n) is 10.5. The summed E-state index contributed by atoms with van der Waals surface area (Å²) >= 11 is 0. The normalized spacial score (nSPS) is 17.8. The summed E-state index contributed by atoms with van der Waals surface area (Å²) in [6, 6.07) is 16.4. The molecule has 0 aliphatic carbocycles. The van der Waals surface area contributed by atoms with Crippen molar-refractivity contribution < 1.29 is 13.2 Å². The zero-order chi connectivity index (χ0) is 21.6. The van der Waals surface area contributed by atoms with Crippen LogP contribution in [0, 0.1) is 0 Å². The third kappa shape index (κ3) is 5.68. The molecule has 6 nitrogen and oxygen atoms in total. The van der Waals surface area contributed by atoms with Gasteiger partial charge in [0.25, 0.3) is 5.91 Å². The second kappa shape index (κ2) is 10.2. The van der Waals surface area contributed by atoms with Gasteiger partial charge in [-0.05, 0) is 56.6 Å². The van der Waals surface area contributed by atoms with Crippen LogP contribution in [0.4, 0.5) is 0 Å². The van der Waals surface area contributed by atoms with E-state index in [1.165, 1.54) is 17.7 Å². The SMILES string of the molecule is CC1CCCCN1S(=O)(=O)c1ccc(C(=O)NCCN(C)Cc2ccccc2)cc1. The molecule has 0 aromatic heterocycles. The minimum Gasteiger partial charge on any atom is -0.351 e. The number of hydrogen-bond acceptors (Lipinski definition) is 4. The molecule has 1 heterocycles. The molecule has 162 valence electrons. The number of amides is 1. The summed E-state index contributed by atoms with van der Waals surface area (Å²) in [5.41, 5.74) is 1.69. The number of carbonyl (C=O) groups excluding carboxylic acids is 1. The molecule has 1 amide bonds. The maximum atomic E-state index is 12.9. The smallest absolute Gasteiger partial charge is 0.251 e. The Morgan fingerprint density at radius 2 is 1.80 bits per heavy atom. The van der Waals surface area contributed by atoms with Crippen molar-refractivity contribution in [2.24, 2.45) is 0 Å². The van der Waals surface area contributed by atoms with Crippen LogP contribution in [-0.2, 0) is 16.6 Å². The molecule has 1 N–H and O–H groups in total. The van der Waals surface area contributed by atoms with Crippen LogP contribution in [0.3, 0.4) is 0 Å². The van der Waals surface area contributed by atoms with Gasteiger partial charge in [-0.15, -0.1) is 0 Å². The van der Waals surface area contributed by atoms with Gasteiger partial charge in [-0.25, -0.2) is 8.42 Å². The van der Waals surface area contributed by atoms with Crippen LogP contribution in [0.5, 0.6) is 0 Å². The van der Waals surface area contributed by atoms with Gasteiger partial charge in [0, 0.05) is 37.8 Å². The minimum absolute atomic E-state index is 0.0135. The van der Waals surface area contributed by atoms with Crippen LogP contribution in [0.25, 0.3) is 0 Å². The fourth-order valence-electron chi connectivity index (χ4n) is 3.78. The number of rotatable bonds is 8. The Morgan fingerprint density at radius 1 is 1.10 bits per heavy atom. The lowest BCUT2D eigenvalue weighted by atomic mass is 10.1. The second-order valence-corrected chi connectivity index (χ2v) is 9.85. The third-order valence-corrected chi connectivity index (χ3v) is 7.57. The molecule has 1 aliphatic rings. The highest BCUT2D eigenvalue weighted by Gasteiger charge is 2.30. The van der Waals surface area contributed by atoms with Crippen molar-refractivity contribution in [1.29, 1.82) is 0 Å². The van der Waals surface area contributed by atoms with Gasteiger partial charge in [0.2, 0.25) is 10.0 Å². The number of likely N-dealkylation sites (N-methyl/N-ethyl adjacent to an activating group) is 1. The molecular formula is C23H31N3O3S. The van der Waals surface area contributed by atoms with E-state index >= 15 is 0 Å². The summed E-state index contributed by atoms with van der Waals surface area (Å²) in [6.07, 6.45) is 2.84. The third-order valence-electron chi connectivity index (χ3n) is 5.54. The van der Waals surface area contributed by atoms with Gasteiger partial charge in [-0.2, -0.15) is 4.31 Å². The molecule has 1 fully saturated rings. The molecule has 2 aromatic carbocycles. The summed E-state index contributed by atoms with van der Waals surface area (Å²) in [4.78, 5) is 14.8. The Labute approximate surface area is 179 Å². The summed E-state index contributed by atoms with van der Waals surface area (Å²) in [5.74, 6) is -0.196. The summed E-state index contributed by atoms with van der Waals surface area (Å²) < 4.78 is 27.4. The van der Waals surface area contributed by atoms with E-state index in [1.54, 1.807) is 16.4 Å². The quantitative estimate of drug-likeness (QED) is 0.700. The van der Waals surface area contributed by atoms with Crippen molar-refractivity contribution in [2.75, 3.05) is 26.7 Å². The van der Waals surface area contributed by atoms with Gasteiger partial charge >= 0.3 is 0 Å². The van der Waals surface area contributed by atoms with Crippen molar-refractivity contribution in [1.82, 2.24) is 14.5 Å². The largest absolute Gasteiger partial charge is 0.351 e. The standard InChI is InChI=1S/C23H31N3O3S/c1-19-8-6-7-16-26(19)30(28,29)22-13-11-21(12-14-22)23(27)24-15-17-25(2)18-20-9-4-3-5-10-20/h3-5,9-14,19H,6-8,15-18H2,1-2H3,(H,24,27). The predicted octanol–water partition coefficient (Wildman–Crippen LogP) is 3.11. The Hall–Kier alpha value is -2.22. The first-order valence-corrected chi connectivity index (χ1v) is 11.9. The van der Waals surface area contributed by atoms with Crippen LogP contribution in [0.15, 0.2) is 59.5 Å². The number of nitrogens with one attached hydrogen (secondary N) is 1. The molecule has 1 saturated heterocycles. The van der Waals surface area contributed by atoms with Gasteiger partial charge in [-0.3, -0.25) is 4.79 Å². The highest BCUT2D eigenvalue weighted by Crippen LogP contribution is 2.25. The van der Waals surface area contributed by atoms with Crippen molar-refractivity contribution in [2.45, 2.75) is 43.7 Å². The number of carbonyl (C=O) groups is 1. The molecule has 0 spiro atoms. The zero-order valence-electron chi connectivity index (χ0n) is 17.8. The van der Waals surface area contributed by atoms with Crippen molar-refractivity contribution >= 4 is 15.9 Å². The number of hydrogen-bond donors (Lipinski definition) is 1. The number of benzene rings is 2. The molecule has 2 aromatic rings. The Balaban J connectivity index is 1.52. The van der Waals surface area contributed by atoms with E-state index in [1.807, 2.05) is 32.2 Å². The lowest BCUT2D eigenvalue weighted by Crippen LogP contribution is -2.41. The van der Waals surface area contributed by atoms with Crippen LogP contribution in [-0.4, -0.2) is 56.3 Å². The zero-order valence-corrected chi connectivity index (χ0v) is 18.6. The topological polar surface area (TPSA) is 69.7 Å². The van der Waals surface area contributed by atoms with E-state index in [0.717, 1.165) is 32.4 Å². The van der Waals surface area contributed by atoms with Gasteiger partial charge in [0.15, 0.2) is 0 Å². The molecule has 1 unspecified atom stereocenters. The number of piperidine rings is 1. The maximum Gasteiger partial charge on any atom is 0.251 e. The van der Waals surface area contributed by atoms with Crippen molar-refractivity contribution in [3.8, 4) is 0 Å². The molecule has 1 aliphatic heterocycles. The lowest BCUT2D eigenvalue weighted by molar-refractivity contribution is 0.0949. The lowest BCUT2D eigenvalue weighted by Gasteiger charge is -2.32. The molecular weight excluding hydrogens is 398 g/mol. The minimum atomic E-state index is -3.52. The van der Waals surface area contributed by atoms with E-state index < -0.39 is 10.0 Å². The fourth-order valence-corrected chi connectivity index (χ4v) is 5.48. The van der Waals surface area contributed by atoms with Crippen molar-refractivity contribution in [3.05, 3.63) is 65.7 Å². The number of sulfonamides is 1. The summed E-state index contributed by atoms with van der Waals surface area (Å²) in [6.45, 7) is 4.57. The van der Waals surface area contributed by atoms with Crippen LogP contribution >= 0.6 is 0 Å². The van der Waals surface area contributed by atoms with E-state index in [0.29, 0.717) is 18.7 Å². The summed E-state index contributed by atoms with van der Waals surface area (Å²) in [7, 11) is -1.50. The molecule has 7 heteroatoms. The Morgan fingerprint density at radius 3 is 2.47 bits per heavy atom. The monoisotopic (exact) mass is 429 g/mol. The number of nitrogens with zero attached hydrogens (tertiary/aromatic N) is 2. The maximum absolute atomic E-state index is 12.9. The average Bonchev–Trinajstić information content (AvgIpc) is 2.74. The van der Waals surface area contributed by atoms with Crippen LogP contribution in [0.2, 0.25) is 0 Å². The van der Waals surface area contributed by atoms with E-state index in [9.17, 15) is 13.2 Å². The van der Waals surface area contributed by atoms with Gasteiger partial charge in [-0.1, -0.05) is 36.8 Å². The molecule has 0 saturated carbocycles. The van der Waals surface area contributed by atoms with Gasteiger partial charge in [0.1, 0.15) is 0 Å². The Bertz CT molecular complexity index is 930. The predicted molar refractivity (Wildman–Crippen MR) is 119 cm³/mol. The highest BCUT2D eigenvalue weighted by molar-refractivity contribution is 7.89. The first kappa shape index (κ1) is 22.5. The van der Waals surface area contributed by atoms with Gasteiger partial charge < -0.3 is 10.2 Å². The fraction of sp³-hybridized carbons (Fsp3) is 0.435. The molecule has 30 heavy (non-hydrogen) atoms. The molecule has 0 bridgehead atoms. The van der Waals surface area contributed by atoms with E-state index in [2.05, 4.69) is 22.3 Å². The molecule has 1 atom stereocenters. The highest BCUT2D eigenvalue weighted by atomic mass is 32.2. The van der Waals surface area contributed by atoms with Gasteiger partial charge in [0.05, 0.1) is 4.90 Å². The average molecular weight is 430 g/mol.